The maximum atomic E-state index is 12.3. The van der Waals surface area contributed by atoms with Crippen LogP contribution < -0.4 is 14.8 Å². The maximum absolute atomic E-state index is 12.3. The average Bonchev–Trinajstić information content (AvgIpc) is 3.12. The van der Waals surface area contributed by atoms with Crippen LogP contribution in [0.4, 0.5) is 5.69 Å². The number of halogens is 1. The molecule has 1 heterocycles. The zero-order valence-electron chi connectivity index (χ0n) is 15.6. The zero-order chi connectivity index (χ0) is 19.9. The van der Waals surface area contributed by atoms with Gasteiger partial charge in [0, 0.05) is 17.3 Å². The van der Waals surface area contributed by atoms with E-state index < -0.39 is 0 Å². The van der Waals surface area contributed by atoms with Gasteiger partial charge in [0.25, 0.3) is 0 Å². The van der Waals surface area contributed by atoms with Crippen molar-refractivity contribution < 1.29 is 14.3 Å². The maximum Gasteiger partial charge on any atom is 0.248 e. The van der Waals surface area contributed by atoms with Gasteiger partial charge in [0.05, 0.1) is 18.2 Å². The molecule has 0 fully saturated rings. The standard InChI is InChI=1S/C19H20ClN5O3/c1-3-27-16-10-9-13(11-17(16)28-4-2)21-18(26)12-25-23-19(22-24-25)14-7-5-6-8-15(14)20/h5-11H,3-4,12H2,1-2H3,(H,21,26). The molecule has 0 aliphatic carbocycles. The molecule has 28 heavy (non-hydrogen) atoms. The summed E-state index contributed by atoms with van der Waals surface area (Å²) in [6, 6.07) is 12.4. The summed E-state index contributed by atoms with van der Waals surface area (Å²) >= 11 is 6.14. The highest BCUT2D eigenvalue weighted by Gasteiger charge is 2.13. The van der Waals surface area contributed by atoms with Crippen molar-refractivity contribution in [1.29, 1.82) is 0 Å². The van der Waals surface area contributed by atoms with Crippen molar-refractivity contribution in [3.8, 4) is 22.9 Å². The van der Waals surface area contributed by atoms with Gasteiger partial charge in [-0.2, -0.15) is 4.80 Å². The number of tetrazole rings is 1. The molecule has 0 atom stereocenters. The highest BCUT2D eigenvalue weighted by atomic mass is 35.5. The van der Waals surface area contributed by atoms with Gasteiger partial charge < -0.3 is 14.8 Å². The average molecular weight is 402 g/mol. The van der Waals surface area contributed by atoms with Gasteiger partial charge in [0.15, 0.2) is 11.5 Å². The van der Waals surface area contributed by atoms with Crippen molar-refractivity contribution in [3.63, 3.8) is 0 Å². The van der Waals surface area contributed by atoms with Crippen LogP contribution in [0.25, 0.3) is 11.4 Å². The van der Waals surface area contributed by atoms with E-state index >= 15 is 0 Å². The van der Waals surface area contributed by atoms with Gasteiger partial charge in [-0.3, -0.25) is 4.79 Å². The van der Waals surface area contributed by atoms with Crippen molar-refractivity contribution in [3.05, 3.63) is 47.5 Å². The second-order valence-corrected chi connectivity index (χ2v) is 6.11. The monoisotopic (exact) mass is 401 g/mol. The van der Waals surface area contributed by atoms with Gasteiger partial charge in [0.1, 0.15) is 6.54 Å². The van der Waals surface area contributed by atoms with Crippen molar-refractivity contribution in [2.75, 3.05) is 18.5 Å². The van der Waals surface area contributed by atoms with E-state index in [1.54, 1.807) is 30.3 Å². The molecule has 0 aliphatic rings. The molecule has 0 spiro atoms. The Balaban J connectivity index is 1.68. The number of hydrogen-bond acceptors (Lipinski definition) is 6. The van der Waals surface area contributed by atoms with E-state index in [0.717, 1.165) is 0 Å². The molecular formula is C19H20ClN5O3. The molecule has 8 nitrogen and oxygen atoms in total. The molecule has 3 aromatic rings. The molecule has 1 amide bonds. The highest BCUT2D eigenvalue weighted by molar-refractivity contribution is 6.33. The first-order valence-electron chi connectivity index (χ1n) is 8.83. The van der Waals surface area contributed by atoms with Gasteiger partial charge in [-0.15, -0.1) is 10.2 Å². The number of hydrogen-bond donors (Lipinski definition) is 1. The van der Waals surface area contributed by atoms with Gasteiger partial charge in [0.2, 0.25) is 11.7 Å². The van der Waals surface area contributed by atoms with Crippen LogP contribution in [-0.2, 0) is 11.3 Å². The largest absolute Gasteiger partial charge is 0.490 e. The molecule has 1 aromatic heterocycles. The minimum atomic E-state index is -0.297. The summed E-state index contributed by atoms with van der Waals surface area (Å²) in [5.41, 5.74) is 1.24. The van der Waals surface area contributed by atoms with E-state index in [9.17, 15) is 4.79 Å². The van der Waals surface area contributed by atoms with Gasteiger partial charge in [-0.05, 0) is 43.3 Å². The van der Waals surface area contributed by atoms with E-state index in [-0.39, 0.29) is 12.5 Å². The molecule has 0 bridgehead atoms. The minimum absolute atomic E-state index is 0.0887. The number of nitrogens with one attached hydrogen (secondary N) is 1. The van der Waals surface area contributed by atoms with Crippen LogP contribution in [0, 0.1) is 0 Å². The lowest BCUT2D eigenvalue weighted by Gasteiger charge is -2.12. The third-order valence-corrected chi connectivity index (χ3v) is 4.01. The predicted octanol–water partition coefficient (Wildman–Crippen LogP) is 3.43. The fourth-order valence-corrected chi connectivity index (χ4v) is 2.74. The minimum Gasteiger partial charge on any atom is -0.490 e. The molecule has 146 valence electrons. The number of ether oxygens (including phenoxy) is 2. The number of rotatable bonds is 8. The van der Waals surface area contributed by atoms with E-state index in [2.05, 4.69) is 20.7 Å². The smallest absolute Gasteiger partial charge is 0.248 e. The third-order valence-electron chi connectivity index (χ3n) is 3.68. The number of aromatic nitrogens is 4. The van der Waals surface area contributed by atoms with Crippen LogP contribution in [0.15, 0.2) is 42.5 Å². The summed E-state index contributed by atoms with van der Waals surface area (Å²) in [6.07, 6.45) is 0. The Hall–Kier alpha value is -3.13. The van der Waals surface area contributed by atoms with Crippen LogP contribution in [0.3, 0.4) is 0 Å². The van der Waals surface area contributed by atoms with Crippen LogP contribution in [0.5, 0.6) is 11.5 Å². The number of benzene rings is 2. The predicted molar refractivity (Wildman–Crippen MR) is 106 cm³/mol. The lowest BCUT2D eigenvalue weighted by molar-refractivity contribution is -0.117. The SMILES string of the molecule is CCOc1ccc(NC(=O)Cn2nnc(-c3ccccc3Cl)n2)cc1OCC. The molecule has 9 heteroatoms. The number of amides is 1. The van der Waals surface area contributed by atoms with Gasteiger partial charge in [-0.1, -0.05) is 23.7 Å². The molecular weight excluding hydrogens is 382 g/mol. The second-order valence-electron chi connectivity index (χ2n) is 5.70. The van der Waals surface area contributed by atoms with Crippen LogP contribution in [0.2, 0.25) is 5.02 Å². The molecule has 0 saturated heterocycles. The summed E-state index contributed by atoms with van der Waals surface area (Å²) < 4.78 is 11.1. The Labute approximate surface area is 167 Å². The van der Waals surface area contributed by atoms with Gasteiger partial charge in [-0.25, -0.2) is 0 Å². The van der Waals surface area contributed by atoms with Crippen molar-refractivity contribution >= 4 is 23.2 Å². The molecule has 1 N–H and O–H groups in total. The summed E-state index contributed by atoms with van der Waals surface area (Å²) in [5, 5.41) is 15.4. The first-order valence-corrected chi connectivity index (χ1v) is 9.20. The Kier molecular flexibility index (Phi) is 6.44. The highest BCUT2D eigenvalue weighted by Crippen LogP contribution is 2.30. The lowest BCUT2D eigenvalue weighted by atomic mass is 10.2. The van der Waals surface area contributed by atoms with E-state index in [1.165, 1.54) is 4.80 Å². The second kappa shape index (κ2) is 9.18. The number of carbonyl (C=O) groups is 1. The number of nitrogens with zero attached hydrogens (tertiary/aromatic N) is 4. The van der Waals surface area contributed by atoms with Crippen LogP contribution in [0.1, 0.15) is 13.8 Å². The first-order chi connectivity index (χ1) is 13.6. The number of carbonyl (C=O) groups excluding carboxylic acids is 1. The Morgan fingerprint density at radius 2 is 1.86 bits per heavy atom. The topological polar surface area (TPSA) is 91.2 Å². The number of anilines is 1. The van der Waals surface area contributed by atoms with Crippen molar-refractivity contribution in [1.82, 2.24) is 20.2 Å². The van der Waals surface area contributed by atoms with E-state index in [0.29, 0.717) is 46.8 Å². The lowest BCUT2D eigenvalue weighted by Crippen LogP contribution is -2.20. The first kappa shape index (κ1) is 19.6. The van der Waals surface area contributed by atoms with Crippen molar-refractivity contribution in [2.24, 2.45) is 0 Å². The molecule has 0 radical (unpaired) electrons. The summed E-state index contributed by atoms with van der Waals surface area (Å²) in [4.78, 5) is 13.6. The van der Waals surface area contributed by atoms with E-state index in [4.69, 9.17) is 21.1 Å². The summed E-state index contributed by atoms with van der Waals surface area (Å²) in [7, 11) is 0. The molecule has 0 aliphatic heterocycles. The Morgan fingerprint density at radius 3 is 2.61 bits per heavy atom. The molecule has 0 unspecified atom stereocenters. The zero-order valence-corrected chi connectivity index (χ0v) is 16.3. The van der Waals surface area contributed by atoms with Crippen molar-refractivity contribution in [2.45, 2.75) is 20.4 Å². The van der Waals surface area contributed by atoms with Crippen LogP contribution >= 0.6 is 11.6 Å². The molecule has 2 aromatic carbocycles. The molecule has 3 rings (SSSR count). The third kappa shape index (κ3) is 4.77. The van der Waals surface area contributed by atoms with E-state index in [1.807, 2.05) is 26.0 Å². The quantitative estimate of drug-likeness (QED) is 0.621. The summed E-state index contributed by atoms with van der Waals surface area (Å²) in [5.74, 6) is 1.26. The fourth-order valence-electron chi connectivity index (χ4n) is 2.52. The summed E-state index contributed by atoms with van der Waals surface area (Å²) in [6.45, 7) is 4.71. The fraction of sp³-hybridized carbons (Fsp3) is 0.263. The molecule has 0 saturated carbocycles. The normalized spacial score (nSPS) is 10.5. The Bertz CT molecular complexity index is 960. The van der Waals surface area contributed by atoms with Crippen LogP contribution in [-0.4, -0.2) is 39.3 Å². The van der Waals surface area contributed by atoms with Gasteiger partial charge >= 0.3 is 0 Å². The Morgan fingerprint density at radius 1 is 1.11 bits per heavy atom.